The maximum atomic E-state index is 13.0. The number of likely N-dealkylation sites (N-methyl/N-ethyl adjacent to an activating group) is 1. The maximum Gasteiger partial charge on any atom is 0.260 e. The van der Waals surface area contributed by atoms with Crippen molar-refractivity contribution in [3.63, 3.8) is 0 Å². The molecule has 0 saturated carbocycles. The normalized spacial score (nSPS) is 15.8. The number of hydrogen-bond donors (Lipinski definition) is 1. The lowest BCUT2D eigenvalue weighted by Gasteiger charge is -2.32. The van der Waals surface area contributed by atoms with Crippen LogP contribution in [0.2, 0.25) is 0 Å². The topological polar surface area (TPSA) is 103 Å². The molecule has 0 bridgehead atoms. The van der Waals surface area contributed by atoms with Gasteiger partial charge in [-0.1, -0.05) is 6.07 Å². The summed E-state index contributed by atoms with van der Waals surface area (Å²) in [6.07, 6.45) is 3.82. The Kier molecular flexibility index (Phi) is 9.59. The molecule has 0 radical (unpaired) electrons. The molecule has 1 aromatic heterocycles. The number of hydrogen-bond acceptors (Lipinski definition) is 8. The molecule has 1 N–H and O–H groups in total. The van der Waals surface area contributed by atoms with Crippen LogP contribution in [0.1, 0.15) is 35.8 Å². The van der Waals surface area contributed by atoms with Gasteiger partial charge in [-0.2, -0.15) is 0 Å². The van der Waals surface area contributed by atoms with Gasteiger partial charge in [0.25, 0.3) is 5.91 Å². The van der Waals surface area contributed by atoms with E-state index in [2.05, 4.69) is 10.2 Å². The van der Waals surface area contributed by atoms with Gasteiger partial charge in [-0.15, -0.1) is 0 Å². The number of ether oxygens (including phenoxy) is 4. The summed E-state index contributed by atoms with van der Waals surface area (Å²) in [5, 5.41) is 2.94. The predicted molar refractivity (Wildman–Crippen MR) is 168 cm³/mol. The number of benzene rings is 2. The molecule has 232 valence electrons. The van der Waals surface area contributed by atoms with E-state index in [1.54, 1.807) is 33.7 Å². The number of carbonyl (C=O) groups excluding carboxylic acids is 2. The van der Waals surface area contributed by atoms with E-state index >= 15 is 0 Å². The van der Waals surface area contributed by atoms with Gasteiger partial charge in [0.15, 0.2) is 18.1 Å². The number of nitrogens with one attached hydrogen (secondary N) is 1. The van der Waals surface area contributed by atoms with E-state index < -0.39 is 0 Å². The summed E-state index contributed by atoms with van der Waals surface area (Å²) in [7, 11) is 6.79. The van der Waals surface area contributed by atoms with Gasteiger partial charge in [0.2, 0.25) is 11.7 Å². The fourth-order valence-corrected chi connectivity index (χ4v) is 5.51. The first-order valence-corrected chi connectivity index (χ1v) is 14.6. The van der Waals surface area contributed by atoms with E-state index in [4.69, 9.17) is 23.4 Å². The molecule has 2 amide bonds. The molecule has 0 atom stereocenters. The smallest absolute Gasteiger partial charge is 0.260 e. The van der Waals surface area contributed by atoms with Crippen LogP contribution in [0.3, 0.4) is 0 Å². The highest BCUT2D eigenvalue weighted by Crippen LogP contribution is 2.46. The van der Waals surface area contributed by atoms with E-state index in [9.17, 15) is 9.59 Å². The third kappa shape index (κ3) is 6.75. The Labute approximate surface area is 257 Å². The zero-order valence-electron chi connectivity index (χ0n) is 25.9. The predicted octanol–water partition coefficient (Wildman–Crippen LogP) is 4.49. The number of methoxy groups -OCH3 is 3. The number of fused-ring (bicyclic) bond motifs is 1. The molecule has 1 saturated heterocycles. The van der Waals surface area contributed by atoms with Crippen molar-refractivity contribution in [2.24, 2.45) is 0 Å². The Morgan fingerprint density at radius 1 is 0.955 bits per heavy atom. The molecule has 1 fully saturated rings. The summed E-state index contributed by atoms with van der Waals surface area (Å²) in [6, 6.07) is 13.2. The first-order valence-electron chi connectivity index (χ1n) is 14.6. The minimum atomic E-state index is -0.112. The van der Waals surface area contributed by atoms with Crippen molar-refractivity contribution in [1.29, 1.82) is 0 Å². The summed E-state index contributed by atoms with van der Waals surface area (Å²) in [4.78, 5) is 29.8. The fraction of sp³-hybridized carbons (Fsp3) is 0.353. The lowest BCUT2D eigenvalue weighted by atomic mass is 10.00. The van der Waals surface area contributed by atoms with Crippen LogP contribution in [0.5, 0.6) is 23.0 Å². The van der Waals surface area contributed by atoms with Crippen molar-refractivity contribution in [2.45, 2.75) is 19.9 Å². The SMILES string of the molecule is COc1ccc2c(c1)C(CC(=O)NCc1ccco1)=C(C)C2=Cc1cc(OC)c(OCC(=O)N2CCN(C)CC2)c(OC)c1. The molecule has 44 heavy (non-hydrogen) atoms. The van der Waals surface area contributed by atoms with Crippen LogP contribution in [-0.2, 0) is 16.1 Å². The van der Waals surface area contributed by atoms with Gasteiger partial charge in [0.1, 0.15) is 11.5 Å². The van der Waals surface area contributed by atoms with Gasteiger partial charge in [-0.3, -0.25) is 9.59 Å². The highest BCUT2D eigenvalue weighted by atomic mass is 16.5. The number of rotatable bonds is 11. The molecule has 5 rings (SSSR count). The van der Waals surface area contributed by atoms with E-state index in [1.165, 1.54) is 0 Å². The van der Waals surface area contributed by atoms with Crippen LogP contribution in [0.15, 0.2) is 58.7 Å². The second-order valence-corrected chi connectivity index (χ2v) is 10.8. The molecular weight excluding hydrogens is 562 g/mol. The van der Waals surface area contributed by atoms with Crippen LogP contribution in [0.4, 0.5) is 0 Å². The third-order valence-corrected chi connectivity index (χ3v) is 8.07. The lowest BCUT2D eigenvalue weighted by molar-refractivity contribution is -0.135. The van der Waals surface area contributed by atoms with Crippen molar-refractivity contribution < 1.29 is 33.0 Å². The molecule has 3 aromatic rings. The van der Waals surface area contributed by atoms with Gasteiger partial charge >= 0.3 is 0 Å². The maximum absolute atomic E-state index is 13.0. The Morgan fingerprint density at radius 2 is 1.68 bits per heavy atom. The molecular formula is C34H39N3O7. The number of carbonyl (C=O) groups is 2. The first kappa shape index (κ1) is 30.7. The highest BCUT2D eigenvalue weighted by molar-refractivity contribution is 6.08. The molecule has 0 spiro atoms. The number of furan rings is 1. The number of allylic oxidation sites excluding steroid dienone is 2. The Balaban J connectivity index is 1.41. The van der Waals surface area contributed by atoms with Gasteiger partial charge in [-0.05, 0) is 89.9 Å². The monoisotopic (exact) mass is 601 g/mol. The first-order chi connectivity index (χ1) is 21.3. The molecule has 1 aliphatic carbocycles. The van der Waals surface area contributed by atoms with E-state index in [1.807, 2.05) is 61.3 Å². The second-order valence-electron chi connectivity index (χ2n) is 10.8. The molecule has 2 aromatic carbocycles. The minimum Gasteiger partial charge on any atom is -0.497 e. The molecule has 10 nitrogen and oxygen atoms in total. The van der Waals surface area contributed by atoms with Gasteiger partial charge in [0.05, 0.1) is 40.6 Å². The zero-order valence-corrected chi connectivity index (χ0v) is 25.9. The molecule has 2 heterocycles. The summed E-state index contributed by atoms with van der Waals surface area (Å²) in [5.41, 5.74) is 5.63. The largest absolute Gasteiger partial charge is 0.497 e. The summed E-state index contributed by atoms with van der Waals surface area (Å²) in [6.45, 7) is 5.25. The Hall–Kier alpha value is -4.70. The molecule has 10 heteroatoms. The quantitative estimate of drug-likeness (QED) is 0.343. The van der Waals surface area contributed by atoms with Gasteiger partial charge in [-0.25, -0.2) is 0 Å². The third-order valence-electron chi connectivity index (χ3n) is 8.07. The van der Waals surface area contributed by atoms with Crippen molar-refractivity contribution >= 4 is 29.0 Å². The number of amides is 2. The van der Waals surface area contributed by atoms with Crippen molar-refractivity contribution in [3.8, 4) is 23.0 Å². The van der Waals surface area contributed by atoms with Crippen LogP contribution in [-0.4, -0.2) is 82.8 Å². The lowest BCUT2D eigenvalue weighted by Crippen LogP contribution is -2.48. The van der Waals surface area contributed by atoms with Crippen molar-refractivity contribution in [3.05, 3.63) is 76.8 Å². The summed E-state index contributed by atoms with van der Waals surface area (Å²) >= 11 is 0. The van der Waals surface area contributed by atoms with Crippen LogP contribution in [0, 0.1) is 0 Å². The molecule has 0 unspecified atom stereocenters. The number of piperazine rings is 1. The van der Waals surface area contributed by atoms with E-state index in [0.717, 1.165) is 46.5 Å². The average Bonchev–Trinajstić information content (AvgIpc) is 3.65. The standard InChI is InChI=1S/C34H39N3O7/c1-22-27(26-9-8-24(40-3)18-29(26)28(22)19-32(38)35-20-25-7-6-14-43-25)15-23-16-30(41-4)34(31(17-23)42-5)44-21-33(39)37-12-10-36(2)11-13-37/h6-9,14-18H,10-13,19-21H2,1-5H3,(H,35,38). The fourth-order valence-electron chi connectivity index (χ4n) is 5.51. The molecule has 2 aliphatic rings. The van der Waals surface area contributed by atoms with Crippen LogP contribution < -0.4 is 24.3 Å². The highest BCUT2D eigenvalue weighted by Gasteiger charge is 2.27. The summed E-state index contributed by atoms with van der Waals surface area (Å²) < 4.78 is 28.2. The van der Waals surface area contributed by atoms with Gasteiger partial charge < -0.3 is 38.5 Å². The van der Waals surface area contributed by atoms with Gasteiger partial charge in [0, 0.05) is 26.2 Å². The van der Waals surface area contributed by atoms with Crippen molar-refractivity contribution in [2.75, 3.05) is 61.2 Å². The minimum absolute atomic E-state index is 0.0760. The van der Waals surface area contributed by atoms with E-state index in [0.29, 0.717) is 48.4 Å². The van der Waals surface area contributed by atoms with E-state index in [-0.39, 0.29) is 24.8 Å². The van der Waals surface area contributed by atoms with Crippen LogP contribution >= 0.6 is 0 Å². The van der Waals surface area contributed by atoms with Crippen LogP contribution in [0.25, 0.3) is 17.2 Å². The number of nitrogens with zero attached hydrogens (tertiary/aromatic N) is 2. The Bertz CT molecular complexity index is 1540. The summed E-state index contributed by atoms with van der Waals surface area (Å²) in [5.74, 6) is 2.50. The average molecular weight is 602 g/mol. The second kappa shape index (κ2) is 13.7. The molecule has 1 aliphatic heterocycles. The Morgan fingerprint density at radius 3 is 2.32 bits per heavy atom. The van der Waals surface area contributed by atoms with Crippen molar-refractivity contribution in [1.82, 2.24) is 15.1 Å². The zero-order chi connectivity index (χ0) is 31.2.